The predicted molar refractivity (Wildman–Crippen MR) is 135 cm³/mol. The van der Waals surface area contributed by atoms with E-state index in [1.807, 2.05) is 0 Å². The molecule has 3 aromatic carbocycles. The van der Waals surface area contributed by atoms with E-state index in [1.54, 1.807) is 36.4 Å². The number of amides is 3. The number of fused-ring (bicyclic) bond motifs is 3. The topological polar surface area (TPSA) is 105 Å². The van der Waals surface area contributed by atoms with Gasteiger partial charge in [-0.05, 0) is 55.7 Å². The Balaban J connectivity index is 1.54. The van der Waals surface area contributed by atoms with Crippen LogP contribution >= 0.6 is 0 Å². The van der Waals surface area contributed by atoms with Crippen LogP contribution < -0.4 is 9.21 Å². The SMILES string of the molecule is CC(=O)N1C(=O)c2cccc3c(S(=O)(=O)N(C(C)=O)c4ccc5oc6c(c5c4)CCCC6)ccc1c23. The van der Waals surface area contributed by atoms with Crippen molar-refractivity contribution in [3.63, 3.8) is 0 Å². The van der Waals surface area contributed by atoms with Crippen LogP contribution in [0, 0.1) is 0 Å². The zero-order valence-electron chi connectivity index (χ0n) is 19.7. The highest BCUT2D eigenvalue weighted by molar-refractivity contribution is 7.93. The molecule has 3 amide bonds. The van der Waals surface area contributed by atoms with Gasteiger partial charge in [0.1, 0.15) is 11.3 Å². The molecule has 0 unspecified atom stereocenters. The molecule has 0 N–H and O–H groups in total. The van der Waals surface area contributed by atoms with Gasteiger partial charge in [-0.25, -0.2) is 17.6 Å². The lowest BCUT2D eigenvalue weighted by Crippen LogP contribution is -2.35. The third-order valence-corrected chi connectivity index (χ3v) is 8.81. The standard InChI is InChI=1S/C27H22N2O6S/c1-15(30)28-22-11-13-25(19-7-5-8-20(26(19)22)27(28)32)36(33,34)29(16(2)31)17-10-12-24-21(14-17)18-6-3-4-9-23(18)35-24/h5,7-8,10-14H,3-4,6,9H2,1-2H3. The monoisotopic (exact) mass is 502 g/mol. The van der Waals surface area contributed by atoms with Crippen molar-refractivity contribution >= 4 is 60.9 Å². The van der Waals surface area contributed by atoms with Gasteiger partial charge < -0.3 is 4.42 Å². The van der Waals surface area contributed by atoms with Crippen molar-refractivity contribution < 1.29 is 27.2 Å². The van der Waals surface area contributed by atoms with Crippen LogP contribution in [0.3, 0.4) is 0 Å². The molecule has 6 rings (SSSR count). The number of carbonyl (C=O) groups excluding carboxylic acids is 3. The molecule has 8 nitrogen and oxygen atoms in total. The summed E-state index contributed by atoms with van der Waals surface area (Å²) in [5.74, 6) is -0.722. The maximum atomic E-state index is 14.0. The Morgan fingerprint density at radius 1 is 0.972 bits per heavy atom. The molecule has 4 aromatic rings. The fraction of sp³-hybridized carbons (Fsp3) is 0.222. The average molecular weight is 503 g/mol. The number of sulfonamides is 1. The third kappa shape index (κ3) is 3.05. The zero-order valence-corrected chi connectivity index (χ0v) is 20.5. The molecule has 0 radical (unpaired) electrons. The zero-order chi connectivity index (χ0) is 25.4. The minimum Gasteiger partial charge on any atom is -0.461 e. The number of rotatable bonds is 3. The van der Waals surface area contributed by atoms with Gasteiger partial charge in [-0.15, -0.1) is 0 Å². The second-order valence-corrected chi connectivity index (χ2v) is 10.9. The largest absolute Gasteiger partial charge is 0.461 e. The lowest BCUT2D eigenvalue weighted by atomic mass is 9.96. The number of aryl methyl sites for hydroxylation is 2. The van der Waals surface area contributed by atoms with Gasteiger partial charge >= 0.3 is 0 Å². The van der Waals surface area contributed by atoms with Crippen molar-refractivity contribution in [1.29, 1.82) is 0 Å². The summed E-state index contributed by atoms with van der Waals surface area (Å²) in [5.41, 5.74) is 2.52. The van der Waals surface area contributed by atoms with Crippen molar-refractivity contribution in [2.75, 3.05) is 9.21 Å². The number of hydrogen-bond donors (Lipinski definition) is 0. The lowest BCUT2D eigenvalue weighted by Gasteiger charge is -2.22. The number of carbonyl (C=O) groups is 3. The van der Waals surface area contributed by atoms with Crippen LogP contribution in [0.25, 0.3) is 21.7 Å². The fourth-order valence-corrected chi connectivity index (χ4v) is 7.07. The van der Waals surface area contributed by atoms with Gasteiger partial charge in [0.25, 0.3) is 15.9 Å². The molecule has 182 valence electrons. The number of benzene rings is 3. The highest BCUT2D eigenvalue weighted by Gasteiger charge is 2.37. The van der Waals surface area contributed by atoms with Crippen LogP contribution in [-0.4, -0.2) is 26.1 Å². The summed E-state index contributed by atoms with van der Waals surface area (Å²) in [5, 5.41) is 1.46. The Morgan fingerprint density at radius 3 is 2.50 bits per heavy atom. The van der Waals surface area contributed by atoms with Crippen LogP contribution in [0.2, 0.25) is 0 Å². The number of imide groups is 1. The Hall–Kier alpha value is -3.98. The molecule has 36 heavy (non-hydrogen) atoms. The summed E-state index contributed by atoms with van der Waals surface area (Å²) in [7, 11) is -4.38. The molecule has 0 bridgehead atoms. The van der Waals surface area contributed by atoms with Gasteiger partial charge in [-0.3, -0.25) is 14.4 Å². The van der Waals surface area contributed by atoms with Gasteiger partial charge in [0.2, 0.25) is 11.8 Å². The van der Waals surface area contributed by atoms with Crippen molar-refractivity contribution in [1.82, 2.24) is 0 Å². The van der Waals surface area contributed by atoms with E-state index in [1.165, 1.54) is 26.0 Å². The molecular formula is C27H22N2O6S. The summed E-state index contributed by atoms with van der Waals surface area (Å²) in [6.45, 7) is 2.48. The maximum absolute atomic E-state index is 14.0. The van der Waals surface area contributed by atoms with E-state index in [0.717, 1.165) is 51.6 Å². The van der Waals surface area contributed by atoms with Gasteiger partial charge in [0.15, 0.2) is 0 Å². The Labute approximate surface area is 207 Å². The summed E-state index contributed by atoms with van der Waals surface area (Å²) in [4.78, 5) is 38.7. The van der Waals surface area contributed by atoms with Crippen molar-refractivity contribution in [2.24, 2.45) is 0 Å². The minimum absolute atomic E-state index is 0.120. The molecule has 0 saturated heterocycles. The van der Waals surface area contributed by atoms with Gasteiger partial charge in [0.05, 0.1) is 21.8 Å². The van der Waals surface area contributed by atoms with E-state index in [0.29, 0.717) is 16.7 Å². The Kier molecular flexibility index (Phi) is 4.85. The normalized spacial score (nSPS) is 14.9. The molecule has 0 spiro atoms. The van der Waals surface area contributed by atoms with Crippen LogP contribution in [0.5, 0.6) is 0 Å². The van der Waals surface area contributed by atoms with Crippen LogP contribution in [0.1, 0.15) is 48.4 Å². The van der Waals surface area contributed by atoms with Gasteiger partial charge in [-0.1, -0.05) is 12.1 Å². The molecule has 0 fully saturated rings. The van der Waals surface area contributed by atoms with E-state index in [2.05, 4.69) is 0 Å². The Morgan fingerprint density at radius 2 is 1.75 bits per heavy atom. The first-order chi connectivity index (χ1) is 17.2. The van der Waals surface area contributed by atoms with Gasteiger partial charge in [0, 0.05) is 42.0 Å². The van der Waals surface area contributed by atoms with E-state index in [4.69, 9.17) is 4.42 Å². The first-order valence-electron chi connectivity index (χ1n) is 11.7. The summed E-state index contributed by atoms with van der Waals surface area (Å²) >= 11 is 0. The van der Waals surface area contributed by atoms with Crippen molar-refractivity contribution in [2.45, 2.75) is 44.4 Å². The summed E-state index contributed by atoms with van der Waals surface area (Å²) in [6.07, 6.45) is 3.75. The quantitative estimate of drug-likeness (QED) is 0.402. The first-order valence-corrected chi connectivity index (χ1v) is 13.1. The molecule has 2 heterocycles. The van der Waals surface area contributed by atoms with Crippen molar-refractivity contribution in [3.05, 3.63) is 65.4 Å². The number of nitrogens with zero attached hydrogens (tertiary/aromatic N) is 2. The smallest absolute Gasteiger partial charge is 0.271 e. The van der Waals surface area contributed by atoms with E-state index in [9.17, 15) is 22.8 Å². The predicted octanol–water partition coefficient (Wildman–Crippen LogP) is 4.71. The molecule has 0 saturated carbocycles. The molecule has 1 aliphatic heterocycles. The van der Waals surface area contributed by atoms with E-state index in [-0.39, 0.29) is 21.5 Å². The highest BCUT2D eigenvalue weighted by atomic mass is 32.2. The summed E-state index contributed by atoms with van der Waals surface area (Å²) < 4.78 is 34.8. The third-order valence-electron chi connectivity index (χ3n) is 6.95. The molecule has 0 atom stereocenters. The van der Waals surface area contributed by atoms with E-state index < -0.39 is 27.7 Å². The number of anilines is 2. The minimum atomic E-state index is -4.38. The Bertz CT molecular complexity index is 1750. The molecule has 1 aromatic heterocycles. The first kappa shape index (κ1) is 22.5. The summed E-state index contributed by atoms with van der Waals surface area (Å²) in [6, 6.07) is 12.5. The van der Waals surface area contributed by atoms with Crippen LogP contribution in [0.4, 0.5) is 11.4 Å². The molecule has 1 aliphatic carbocycles. The van der Waals surface area contributed by atoms with Crippen LogP contribution in [-0.2, 0) is 32.5 Å². The molecule has 9 heteroatoms. The number of hydrogen-bond acceptors (Lipinski definition) is 6. The fourth-order valence-electron chi connectivity index (χ4n) is 5.46. The number of furan rings is 1. The lowest BCUT2D eigenvalue weighted by molar-refractivity contribution is -0.116. The second kappa shape index (κ2) is 7.76. The molecule has 2 aliphatic rings. The average Bonchev–Trinajstić information content (AvgIpc) is 3.35. The van der Waals surface area contributed by atoms with Gasteiger partial charge in [-0.2, -0.15) is 0 Å². The second-order valence-electron chi connectivity index (χ2n) is 9.15. The highest BCUT2D eigenvalue weighted by Crippen LogP contribution is 2.42. The molecular weight excluding hydrogens is 480 g/mol. The van der Waals surface area contributed by atoms with Crippen LogP contribution in [0.15, 0.2) is 57.8 Å². The van der Waals surface area contributed by atoms with E-state index >= 15 is 0 Å². The van der Waals surface area contributed by atoms with Crippen molar-refractivity contribution in [3.8, 4) is 0 Å². The maximum Gasteiger partial charge on any atom is 0.271 e.